The maximum absolute atomic E-state index is 12.1. The number of methoxy groups -OCH3 is 1. The van der Waals surface area contributed by atoms with E-state index in [1.54, 1.807) is 32.4 Å². The lowest BCUT2D eigenvalue weighted by atomic mass is 10.2. The van der Waals surface area contributed by atoms with Crippen molar-refractivity contribution < 1.29 is 18.3 Å². The topological polar surface area (TPSA) is 54.9 Å². The van der Waals surface area contributed by atoms with Crippen molar-refractivity contribution in [3.05, 3.63) is 29.8 Å². The van der Waals surface area contributed by atoms with Gasteiger partial charge in [0.05, 0.1) is 6.61 Å². The fourth-order valence-electron chi connectivity index (χ4n) is 1.81. The minimum Gasteiger partial charge on any atom is -0.488 e. The van der Waals surface area contributed by atoms with Crippen LogP contribution in [0.15, 0.2) is 29.3 Å². The molecule has 8 heteroatoms. The molecule has 0 aliphatic rings. The Morgan fingerprint density at radius 3 is 2.65 bits per heavy atom. The first-order valence-electron chi connectivity index (χ1n) is 7.01. The van der Waals surface area contributed by atoms with Crippen molar-refractivity contribution in [3.8, 4) is 5.75 Å². The van der Waals surface area contributed by atoms with Crippen molar-refractivity contribution in [2.75, 3.05) is 27.4 Å². The summed E-state index contributed by atoms with van der Waals surface area (Å²) in [6, 6.07) is 7.15. The summed E-state index contributed by atoms with van der Waals surface area (Å²) in [4.78, 5) is 4.12. The van der Waals surface area contributed by atoms with Crippen molar-refractivity contribution >= 4 is 29.9 Å². The first-order chi connectivity index (χ1) is 10.5. The largest absolute Gasteiger partial charge is 0.488 e. The van der Waals surface area contributed by atoms with Gasteiger partial charge in [-0.05, 0) is 24.6 Å². The molecule has 1 unspecified atom stereocenters. The van der Waals surface area contributed by atoms with E-state index in [0.717, 1.165) is 5.56 Å². The molecule has 0 saturated heterocycles. The fraction of sp³-hybridized carbons (Fsp3) is 0.533. The van der Waals surface area contributed by atoms with Crippen LogP contribution in [0.4, 0.5) is 8.78 Å². The standard InChI is InChI=1S/C15H23F2N3O2.HI/c1-11(9-21-3)20-15(18-2)19-8-12-5-4-6-13(7-12)22-10-14(16)17;/h4-7,11,14H,8-10H2,1-3H3,(H2,18,19,20);1H. The number of aliphatic imine (C=N–C) groups is 1. The predicted molar refractivity (Wildman–Crippen MR) is 98.0 cm³/mol. The normalized spacial score (nSPS) is 12.5. The van der Waals surface area contributed by atoms with Crippen LogP contribution in [-0.4, -0.2) is 45.8 Å². The van der Waals surface area contributed by atoms with Gasteiger partial charge in [0.25, 0.3) is 6.43 Å². The third-order valence-corrected chi connectivity index (χ3v) is 2.76. The second kappa shape index (κ2) is 12.3. The molecule has 0 aliphatic carbocycles. The van der Waals surface area contributed by atoms with Crippen molar-refractivity contribution in [2.45, 2.75) is 25.9 Å². The number of benzene rings is 1. The van der Waals surface area contributed by atoms with Gasteiger partial charge in [-0.1, -0.05) is 12.1 Å². The molecule has 5 nitrogen and oxygen atoms in total. The Bertz CT molecular complexity index is 476. The van der Waals surface area contributed by atoms with Crippen molar-refractivity contribution in [1.29, 1.82) is 0 Å². The summed E-state index contributed by atoms with van der Waals surface area (Å²) in [6.45, 7) is 2.45. The Balaban J connectivity index is 0.00000484. The van der Waals surface area contributed by atoms with E-state index < -0.39 is 13.0 Å². The van der Waals surface area contributed by atoms with E-state index in [-0.39, 0.29) is 30.0 Å². The van der Waals surface area contributed by atoms with Crippen LogP contribution in [-0.2, 0) is 11.3 Å². The number of rotatable bonds is 8. The Morgan fingerprint density at radius 2 is 2.04 bits per heavy atom. The molecule has 0 saturated carbocycles. The van der Waals surface area contributed by atoms with Gasteiger partial charge in [-0.3, -0.25) is 4.99 Å². The molecule has 1 atom stereocenters. The summed E-state index contributed by atoms with van der Waals surface area (Å²) in [5, 5.41) is 6.32. The van der Waals surface area contributed by atoms with E-state index in [1.165, 1.54) is 0 Å². The summed E-state index contributed by atoms with van der Waals surface area (Å²) >= 11 is 0. The highest BCUT2D eigenvalue weighted by molar-refractivity contribution is 14.0. The maximum atomic E-state index is 12.1. The van der Waals surface area contributed by atoms with Crippen LogP contribution in [0.1, 0.15) is 12.5 Å². The minimum absolute atomic E-state index is 0. The zero-order valence-electron chi connectivity index (χ0n) is 13.5. The van der Waals surface area contributed by atoms with Gasteiger partial charge < -0.3 is 20.1 Å². The van der Waals surface area contributed by atoms with Gasteiger partial charge in [0.2, 0.25) is 0 Å². The van der Waals surface area contributed by atoms with E-state index in [4.69, 9.17) is 9.47 Å². The molecule has 1 aromatic rings. The molecule has 0 fully saturated rings. The van der Waals surface area contributed by atoms with Gasteiger partial charge in [-0.2, -0.15) is 0 Å². The molecule has 0 aliphatic heterocycles. The number of ether oxygens (including phenoxy) is 2. The number of hydrogen-bond acceptors (Lipinski definition) is 3. The molecule has 1 rings (SSSR count). The van der Waals surface area contributed by atoms with Crippen LogP contribution < -0.4 is 15.4 Å². The van der Waals surface area contributed by atoms with Crippen molar-refractivity contribution in [3.63, 3.8) is 0 Å². The third kappa shape index (κ3) is 9.54. The van der Waals surface area contributed by atoms with Gasteiger partial charge >= 0.3 is 0 Å². The molecule has 0 amide bonds. The molecule has 23 heavy (non-hydrogen) atoms. The molecule has 2 N–H and O–H groups in total. The first kappa shape index (κ1) is 21.8. The number of guanidine groups is 1. The average Bonchev–Trinajstić information content (AvgIpc) is 2.50. The smallest absolute Gasteiger partial charge is 0.272 e. The Labute approximate surface area is 152 Å². The first-order valence-corrected chi connectivity index (χ1v) is 7.01. The van der Waals surface area contributed by atoms with E-state index in [9.17, 15) is 8.78 Å². The zero-order chi connectivity index (χ0) is 16.4. The number of nitrogens with zero attached hydrogens (tertiary/aromatic N) is 1. The summed E-state index contributed by atoms with van der Waals surface area (Å²) in [5.41, 5.74) is 0.911. The highest BCUT2D eigenvalue weighted by atomic mass is 127. The lowest BCUT2D eigenvalue weighted by molar-refractivity contribution is 0.0818. The number of halogens is 3. The monoisotopic (exact) mass is 443 g/mol. The van der Waals surface area contributed by atoms with Crippen LogP contribution in [0, 0.1) is 0 Å². The maximum Gasteiger partial charge on any atom is 0.272 e. The molecule has 132 valence electrons. The van der Waals surface area contributed by atoms with Crippen LogP contribution >= 0.6 is 24.0 Å². The molecule has 0 aromatic heterocycles. The molecule has 0 bridgehead atoms. The predicted octanol–water partition coefficient (Wildman–Crippen LogP) is 2.65. The Kier molecular flexibility index (Phi) is 11.7. The zero-order valence-corrected chi connectivity index (χ0v) is 15.8. The third-order valence-electron chi connectivity index (χ3n) is 2.76. The van der Waals surface area contributed by atoms with Gasteiger partial charge in [0.1, 0.15) is 12.4 Å². The Hall–Kier alpha value is -1.16. The van der Waals surface area contributed by atoms with E-state index in [0.29, 0.717) is 24.9 Å². The molecule has 0 radical (unpaired) electrons. The number of alkyl halides is 2. The van der Waals surface area contributed by atoms with Gasteiger partial charge in [-0.25, -0.2) is 8.78 Å². The molecule has 1 aromatic carbocycles. The van der Waals surface area contributed by atoms with Crippen LogP contribution in [0.5, 0.6) is 5.75 Å². The van der Waals surface area contributed by atoms with Crippen LogP contribution in [0.2, 0.25) is 0 Å². The lowest BCUT2D eigenvalue weighted by Gasteiger charge is -2.17. The molecule has 0 spiro atoms. The highest BCUT2D eigenvalue weighted by Crippen LogP contribution is 2.14. The number of hydrogen-bond donors (Lipinski definition) is 2. The van der Waals surface area contributed by atoms with Gasteiger partial charge in [-0.15, -0.1) is 24.0 Å². The van der Waals surface area contributed by atoms with Gasteiger partial charge in [0.15, 0.2) is 5.96 Å². The minimum atomic E-state index is -2.48. The van der Waals surface area contributed by atoms with E-state index in [1.807, 2.05) is 13.0 Å². The molecule has 0 heterocycles. The van der Waals surface area contributed by atoms with Crippen LogP contribution in [0.3, 0.4) is 0 Å². The summed E-state index contributed by atoms with van der Waals surface area (Å²) in [7, 11) is 3.32. The summed E-state index contributed by atoms with van der Waals surface area (Å²) in [5.74, 6) is 1.07. The average molecular weight is 443 g/mol. The second-order valence-electron chi connectivity index (χ2n) is 4.78. The van der Waals surface area contributed by atoms with E-state index in [2.05, 4.69) is 15.6 Å². The summed E-state index contributed by atoms with van der Waals surface area (Å²) in [6.07, 6.45) is -2.48. The highest BCUT2D eigenvalue weighted by Gasteiger charge is 2.06. The number of nitrogens with one attached hydrogen (secondary N) is 2. The van der Waals surface area contributed by atoms with Gasteiger partial charge in [0, 0.05) is 26.7 Å². The SMILES string of the molecule is CN=C(NCc1cccc(OCC(F)F)c1)NC(C)COC.I. The summed E-state index contributed by atoms with van der Waals surface area (Å²) < 4.78 is 34.3. The lowest BCUT2D eigenvalue weighted by Crippen LogP contribution is -2.43. The second-order valence-corrected chi connectivity index (χ2v) is 4.78. The fourth-order valence-corrected chi connectivity index (χ4v) is 1.81. The molecular formula is C15H24F2IN3O2. The Morgan fingerprint density at radius 1 is 1.30 bits per heavy atom. The van der Waals surface area contributed by atoms with Crippen molar-refractivity contribution in [1.82, 2.24) is 10.6 Å². The molecular weight excluding hydrogens is 419 g/mol. The quantitative estimate of drug-likeness (QED) is 0.369. The van der Waals surface area contributed by atoms with Crippen molar-refractivity contribution in [2.24, 2.45) is 4.99 Å². The van der Waals surface area contributed by atoms with Crippen LogP contribution in [0.25, 0.3) is 0 Å². The van der Waals surface area contributed by atoms with E-state index >= 15 is 0 Å².